The second kappa shape index (κ2) is 16.3. The van der Waals surface area contributed by atoms with Gasteiger partial charge in [-0.25, -0.2) is 14.3 Å². The minimum absolute atomic E-state index is 0.0125. The van der Waals surface area contributed by atoms with Crippen molar-refractivity contribution in [2.24, 2.45) is 10.6 Å². The van der Waals surface area contributed by atoms with Crippen LogP contribution in [0.15, 0.2) is 10.3 Å². The van der Waals surface area contributed by atoms with Crippen LogP contribution < -0.4 is 21.7 Å². The molecular weight excluding hydrogens is 733 g/mol. The standard InChI is InChI=1S/C27H40N12O9S3/c1-25(2,3)47-23(44)29-7-9-39-22(33-36-37-39)50-13-27(20(42)43)11-38-18(41)15(19(38)49-12-27)31-17(40)14(16-32-21(28)51-35-16)34-46-10-8-30-24(45)48-26(4,5)6/h15,19H,7-13H2,1-6H3,(H,29,44)(H,30,45)(H,31,40)(H,42,43)(H2,28,32,35)/t15?,19-,27?/m1/s1. The topological polar surface area (TPSA) is 280 Å². The maximum Gasteiger partial charge on any atom is 0.407 e. The number of carbonyl (C=O) groups excluding carboxylic acids is 4. The maximum absolute atomic E-state index is 13.3. The summed E-state index contributed by atoms with van der Waals surface area (Å²) in [6.45, 7) is 10.5. The molecule has 280 valence electrons. The number of rotatable bonds is 14. The third kappa shape index (κ3) is 10.8. The molecule has 2 aliphatic rings. The number of alkyl carbamates (subject to hydrolysis) is 2. The van der Waals surface area contributed by atoms with Crippen LogP contribution in [0.1, 0.15) is 47.4 Å². The number of carboxylic acids is 1. The molecule has 0 radical (unpaired) electrons. The smallest absolute Gasteiger partial charge is 0.407 e. The van der Waals surface area contributed by atoms with Crippen LogP contribution in [0.25, 0.3) is 0 Å². The van der Waals surface area contributed by atoms with Crippen LogP contribution in [0.2, 0.25) is 0 Å². The molecule has 6 N–H and O–H groups in total. The van der Waals surface area contributed by atoms with Gasteiger partial charge in [-0.05, 0) is 52.0 Å². The highest BCUT2D eigenvalue weighted by atomic mass is 32.2. The van der Waals surface area contributed by atoms with Crippen LogP contribution in [0.4, 0.5) is 14.7 Å². The van der Waals surface area contributed by atoms with Crippen molar-refractivity contribution in [1.82, 2.24) is 50.4 Å². The van der Waals surface area contributed by atoms with Crippen LogP contribution >= 0.6 is 35.1 Å². The molecule has 2 saturated heterocycles. The first-order valence-corrected chi connectivity index (χ1v) is 18.3. The summed E-state index contributed by atoms with van der Waals surface area (Å²) in [6.07, 6.45) is -1.25. The van der Waals surface area contributed by atoms with Crippen LogP contribution in [-0.2, 0) is 35.2 Å². The second-order valence-electron chi connectivity index (χ2n) is 13.3. The second-order valence-corrected chi connectivity index (χ2v) is 16.1. The quantitative estimate of drug-likeness (QED) is 0.0561. The average Bonchev–Trinajstić information content (AvgIpc) is 3.66. The van der Waals surface area contributed by atoms with E-state index in [2.05, 4.69) is 46.0 Å². The van der Waals surface area contributed by atoms with E-state index in [1.54, 1.807) is 41.5 Å². The molecule has 21 nitrogen and oxygen atoms in total. The number of thioether (sulfide) groups is 2. The number of aromatic nitrogens is 6. The number of anilines is 1. The predicted octanol–water partition coefficient (Wildman–Crippen LogP) is 0.140. The molecule has 0 aliphatic carbocycles. The lowest BCUT2D eigenvalue weighted by Gasteiger charge is -2.53. The summed E-state index contributed by atoms with van der Waals surface area (Å²) in [4.78, 5) is 73.6. The lowest BCUT2D eigenvalue weighted by molar-refractivity contribution is -0.157. The number of tetrazole rings is 1. The first-order chi connectivity index (χ1) is 23.9. The molecule has 4 rings (SSSR count). The highest BCUT2D eigenvalue weighted by Gasteiger charge is 2.57. The Morgan fingerprint density at radius 1 is 1.10 bits per heavy atom. The molecule has 2 aromatic heterocycles. The zero-order valence-corrected chi connectivity index (χ0v) is 31.1. The van der Waals surface area contributed by atoms with Gasteiger partial charge >= 0.3 is 18.2 Å². The Bertz CT molecular complexity index is 1640. The predicted molar refractivity (Wildman–Crippen MR) is 184 cm³/mol. The van der Waals surface area contributed by atoms with E-state index in [-0.39, 0.29) is 61.0 Å². The number of carboxylic acid groups (broad SMARTS) is 1. The van der Waals surface area contributed by atoms with Crippen molar-refractivity contribution in [3.8, 4) is 0 Å². The summed E-state index contributed by atoms with van der Waals surface area (Å²) in [5, 5.41) is 33.3. The number of nitrogens with zero attached hydrogens (tertiary/aromatic N) is 8. The Labute approximate surface area is 304 Å². The Morgan fingerprint density at radius 3 is 2.37 bits per heavy atom. The fraction of sp³-hybridized carbons (Fsp3) is 0.667. The van der Waals surface area contributed by atoms with E-state index in [1.807, 2.05) is 0 Å². The summed E-state index contributed by atoms with van der Waals surface area (Å²) in [7, 11) is 0. The van der Waals surface area contributed by atoms with E-state index in [4.69, 9.17) is 20.0 Å². The third-order valence-corrected chi connectivity index (χ3v) is 10.1. The van der Waals surface area contributed by atoms with Gasteiger partial charge in [0, 0.05) is 36.1 Å². The number of aliphatic carboxylic acids is 1. The van der Waals surface area contributed by atoms with E-state index in [0.717, 1.165) is 23.3 Å². The molecule has 0 bridgehead atoms. The van der Waals surface area contributed by atoms with Gasteiger partial charge in [0.1, 0.15) is 34.6 Å². The van der Waals surface area contributed by atoms with Crippen molar-refractivity contribution in [3.05, 3.63) is 5.82 Å². The summed E-state index contributed by atoms with van der Waals surface area (Å²) in [5.74, 6) is -2.37. The summed E-state index contributed by atoms with van der Waals surface area (Å²) in [5.41, 5.74) is 2.66. The van der Waals surface area contributed by atoms with E-state index in [9.17, 15) is 29.1 Å². The van der Waals surface area contributed by atoms with Gasteiger partial charge in [0.15, 0.2) is 5.13 Å². The Hall–Kier alpha value is -4.45. The van der Waals surface area contributed by atoms with E-state index in [1.165, 1.54) is 21.3 Å². The highest BCUT2D eigenvalue weighted by molar-refractivity contribution is 8.00. The lowest BCUT2D eigenvalue weighted by atomic mass is 9.89. The van der Waals surface area contributed by atoms with E-state index < -0.39 is 58.0 Å². The number of hydrogen-bond acceptors (Lipinski definition) is 18. The number of ether oxygens (including phenoxy) is 2. The normalized spacial score (nSPS) is 20.5. The van der Waals surface area contributed by atoms with E-state index in [0.29, 0.717) is 5.16 Å². The number of nitrogen functional groups attached to an aromatic ring is 1. The molecule has 2 aliphatic heterocycles. The Kier molecular flexibility index (Phi) is 12.5. The Morgan fingerprint density at radius 2 is 1.76 bits per heavy atom. The Balaban J connectivity index is 1.33. The molecule has 2 aromatic rings. The maximum atomic E-state index is 13.3. The fourth-order valence-corrected chi connectivity index (χ4v) is 7.67. The van der Waals surface area contributed by atoms with Crippen molar-refractivity contribution in [2.75, 3.05) is 43.5 Å². The number of amides is 4. The molecule has 24 heteroatoms. The van der Waals surface area contributed by atoms with Crippen molar-refractivity contribution < 1.29 is 43.4 Å². The largest absolute Gasteiger partial charge is 0.481 e. The molecule has 0 saturated carbocycles. The monoisotopic (exact) mass is 772 g/mol. The van der Waals surface area contributed by atoms with Crippen LogP contribution in [0.5, 0.6) is 0 Å². The van der Waals surface area contributed by atoms with Gasteiger partial charge in [0.05, 0.1) is 13.1 Å². The first kappa shape index (κ1) is 39.3. The molecule has 0 spiro atoms. The number of β-lactam (4-membered cyclic amide) rings is 1. The highest BCUT2D eigenvalue weighted by Crippen LogP contribution is 2.44. The minimum Gasteiger partial charge on any atom is -0.481 e. The third-order valence-electron chi connectivity index (χ3n) is 6.74. The summed E-state index contributed by atoms with van der Waals surface area (Å²) in [6, 6.07) is -0.985. The number of hydrogen-bond donors (Lipinski definition) is 5. The molecule has 0 aromatic carbocycles. The molecule has 4 heterocycles. The van der Waals surface area contributed by atoms with Crippen molar-refractivity contribution in [3.63, 3.8) is 0 Å². The zero-order valence-electron chi connectivity index (χ0n) is 28.7. The number of nitrogens with one attached hydrogen (secondary N) is 3. The average molecular weight is 773 g/mol. The van der Waals surface area contributed by atoms with Crippen molar-refractivity contribution >= 4 is 75.9 Å². The summed E-state index contributed by atoms with van der Waals surface area (Å²) < 4.78 is 15.8. The van der Waals surface area contributed by atoms with Gasteiger partial charge in [0.2, 0.25) is 22.6 Å². The van der Waals surface area contributed by atoms with Gasteiger partial charge < -0.3 is 46.0 Å². The van der Waals surface area contributed by atoms with Crippen molar-refractivity contribution in [1.29, 1.82) is 0 Å². The minimum atomic E-state index is -1.35. The zero-order chi connectivity index (χ0) is 37.6. The number of carbonyl (C=O) groups is 5. The lowest BCUT2D eigenvalue weighted by Crippen LogP contribution is -2.74. The number of nitrogens with two attached hydrogens (primary N) is 1. The number of oxime groups is 1. The molecule has 51 heavy (non-hydrogen) atoms. The van der Waals surface area contributed by atoms with Crippen LogP contribution in [0, 0.1) is 5.41 Å². The molecule has 2 fully saturated rings. The van der Waals surface area contributed by atoms with E-state index >= 15 is 0 Å². The van der Waals surface area contributed by atoms with Gasteiger partial charge in [-0.2, -0.15) is 9.36 Å². The van der Waals surface area contributed by atoms with Gasteiger partial charge in [-0.1, -0.05) is 16.9 Å². The van der Waals surface area contributed by atoms with Crippen molar-refractivity contribution in [2.45, 2.75) is 75.9 Å². The SMILES string of the molecule is CC(C)(C)OC(=O)NCCON=C(C(=O)NC1C(=O)N2CC(CSc3nnnn3CCNC(=O)OC(C)(C)C)(C(=O)O)CS[C@H]12)c1nsc(N)n1. The molecule has 2 unspecified atom stereocenters. The number of fused-ring (bicyclic) bond motifs is 1. The fourth-order valence-electron chi connectivity index (χ4n) is 4.47. The molecular formula is C27H40N12O9S3. The summed E-state index contributed by atoms with van der Waals surface area (Å²) >= 11 is 3.15. The van der Waals surface area contributed by atoms with Gasteiger partial charge in [0.25, 0.3) is 5.91 Å². The van der Waals surface area contributed by atoms with Gasteiger partial charge in [-0.3, -0.25) is 14.4 Å². The first-order valence-electron chi connectivity index (χ1n) is 15.5. The molecule has 3 atom stereocenters. The molecule has 4 amide bonds. The van der Waals surface area contributed by atoms with Gasteiger partial charge in [-0.15, -0.1) is 16.9 Å². The van der Waals surface area contributed by atoms with Crippen LogP contribution in [0.3, 0.4) is 0 Å². The van der Waals surface area contributed by atoms with Crippen LogP contribution in [-0.4, -0.2) is 136 Å².